The van der Waals surface area contributed by atoms with Crippen LogP contribution in [0.5, 0.6) is 11.5 Å². The molecule has 38 heavy (non-hydrogen) atoms. The molecule has 0 radical (unpaired) electrons. The maximum atomic E-state index is 13.6. The van der Waals surface area contributed by atoms with Crippen LogP contribution < -0.4 is 20.1 Å². The summed E-state index contributed by atoms with van der Waals surface area (Å²) < 4.78 is 11.8. The van der Waals surface area contributed by atoms with Gasteiger partial charge in [0.2, 0.25) is 0 Å². The number of anilines is 2. The van der Waals surface area contributed by atoms with Crippen LogP contribution in [0.1, 0.15) is 88.4 Å². The molecule has 2 aromatic carbocycles. The Morgan fingerprint density at radius 1 is 0.974 bits per heavy atom. The first-order valence-corrected chi connectivity index (χ1v) is 14.0. The van der Waals surface area contributed by atoms with Gasteiger partial charge in [-0.1, -0.05) is 39.2 Å². The van der Waals surface area contributed by atoms with Crippen molar-refractivity contribution in [2.45, 2.75) is 85.6 Å². The van der Waals surface area contributed by atoms with Crippen LogP contribution >= 0.6 is 0 Å². The van der Waals surface area contributed by atoms with E-state index in [1.54, 1.807) is 0 Å². The van der Waals surface area contributed by atoms with E-state index in [1.165, 1.54) is 17.5 Å². The lowest BCUT2D eigenvalue weighted by Crippen LogP contribution is -2.31. The van der Waals surface area contributed by atoms with Gasteiger partial charge in [-0.3, -0.25) is 9.59 Å². The van der Waals surface area contributed by atoms with Crippen LogP contribution in [0.3, 0.4) is 0 Å². The summed E-state index contributed by atoms with van der Waals surface area (Å²) >= 11 is 0. The summed E-state index contributed by atoms with van der Waals surface area (Å²) in [4.78, 5) is 26.5. The second kappa shape index (κ2) is 10.5. The van der Waals surface area contributed by atoms with Crippen molar-refractivity contribution in [1.29, 1.82) is 0 Å². The van der Waals surface area contributed by atoms with Crippen LogP contribution in [0.15, 0.2) is 41.6 Å². The van der Waals surface area contributed by atoms with Crippen molar-refractivity contribution >= 4 is 23.1 Å². The Hall–Kier alpha value is -3.28. The molecule has 1 atom stereocenters. The number of ketones is 1. The first kappa shape index (κ1) is 26.3. The van der Waals surface area contributed by atoms with E-state index in [1.807, 2.05) is 25.1 Å². The number of carbonyl (C=O) groups is 2. The largest absolute Gasteiger partial charge is 0.490 e. The standard InChI is InChI=1S/C32H40N2O4/c1-6-37-28-16-22(12-13-27(28)38-31(36)21-10-8-7-9-11-21)30-29-25(17-32(4,5)18-26(29)35)33-23-14-19(2)20(3)15-24(23)34-30/h12-16,21,30,33-34H,6-11,17-18H2,1-5H3/t30-/m1/s1. The summed E-state index contributed by atoms with van der Waals surface area (Å²) in [5.41, 5.74) is 6.85. The Bertz CT molecular complexity index is 1290. The molecule has 0 saturated heterocycles. The maximum Gasteiger partial charge on any atom is 0.314 e. The van der Waals surface area contributed by atoms with Gasteiger partial charge in [0.15, 0.2) is 17.3 Å². The van der Waals surface area contributed by atoms with Gasteiger partial charge in [-0.25, -0.2) is 0 Å². The Morgan fingerprint density at radius 3 is 2.39 bits per heavy atom. The molecule has 0 aromatic heterocycles. The highest BCUT2D eigenvalue weighted by molar-refractivity contribution is 6.01. The normalized spacial score (nSPS) is 21.0. The van der Waals surface area contributed by atoms with Gasteiger partial charge in [-0.2, -0.15) is 0 Å². The van der Waals surface area contributed by atoms with E-state index in [-0.39, 0.29) is 29.1 Å². The van der Waals surface area contributed by atoms with Gasteiger partial charge >= 0.3 is 5.97 Å². The average molecular weight is 517 g/mol. The van der Waals surface area contributed by atoms with Gasteiger partial charge in [-0.05, 0) is 86.4 Å². The fraction of sp³-hybridized carbons (Fsp3) is 0.500. The van der Waals surface area contributed by atoms with E-state index in [0.29, 0.717) is 24.5 Å². The fourth-order valence-corrected chi connectivity index (χ4v) is 6.05. The van der Waals surface area contributed by atoms with Crippen LogP contribution in [0.25, 0.3) is 0 Å². The van der Waals surface area contributed by atoms with E-state index in [4.69, 9.17) is 9.47 Å². The summed E-state index contributed by atoms with van der Waals surface area (Å²) in [7, 11) is 0. The molecule has 1 heterocycles. The number of rotatable bonds is 5. The number of Topliss-reactive ketones (excluding diaryl/α,β-unsaturated/α-hetero) is 1. The third-order valence-corrected chi connectivity index (χ3v) is 8.18. The minimum absolute atomic E-state index is 0.0494. The van der Waals surface area contributed by atoms with Crippen LogP contribution in [-0.2, 0) is 9.59 Å². The zero-order valence-electron chi connectivity index (χ0n) is 23.3. The number of hydrogen-bond donors (Lipinski definition) is 2. The summed E-state index contributed by atoms with van der Waals surface area (Å²) in [6.07, 6.45) is 6.37. The lowest BCUT2D eigenvalue weighted by molar-refractivity contribution is -0.140. The van der Waals surface area contributed by atoms with Gasteiger partial charge < -0.3 is 20.1 Å². The highest BCUT2D eigenvalue weighted by Gasteiger charge is 2.39. The Balaban J connectivity index is 1.54. The zero-order chi connectivity index (χ0) is 27.0. The van der Waals surface area contributed by atoms with Gasteiger partial charge in [0.1, 0.15) is 0 Å². The van der Waals surface area contributed by atoms with Crippen molar-refractivity contribution in [1.82, 2.24) is 0 Å². The molecule has 6 heteroatoms. The average Bonchev–Trinajstić information content (AvgIpc) is 3.01. The van der Waals surface area contributed by atoms with Crippen LogP contribution in [-0.4, -0.2) is 18.4 Å². The summed E-state index contributed by atoms with van der Waals surface area (Å²) in [5.74, 6) is 0.888. The second-order valence-corrected chi connectivity index (χ2v) is 11.9. The monoisotopic (exact) mass is 516 g/mol. The van der Waals surface area contributed by atoms with Crippen molar-refractivity contribution in [2.75, 3.05) is 17.2 Å². The molecule has 0 spiro atoms. The van der Waals surface area contributed by atoms with Gasteiger partial charge in [-0.15, -0.1) is 0 Å². The second-order valence-electron chi connectivity index (χ2n) is 11.9. The summed E-state index contributed by atoms with van der Waals surface area (Å²) in [6.45, 7) is 10.9. The zero-order valence-corrected chi connectivity index (χ0v) is 23.3. The molecule has 2 aromatic rings. The van der Waals surface area contributed by atoms with E-state index in [0.717, 1.165) is 60.3 Å². The smallest absolute Gasteiger partial charge is 0.314 e. The molecule has 0 bridgehead atoms. The summed E-state index contributed by atoms with van der Waals surface area (Å²) in [5, 5.41) is 7.30. The van der Waals surface area contributed by atoms with Crippen molar-refractivity contribution in [3.8, 4) is 11.5 Å². The van der Waals surface area contributed by atoms with Crippen molar-refractivity contribution in [2.24, 2.45) is 11.3 Å². The number of aryl methyl sites for hydroxylation is 2. The van der Waals surface area contributed by atoms with Gasteiger partial charge in [0.25, 0.3) is 0 Å². The molecule has 0 unspecified atom stereocenters. The lowest BCUT2D eigenvalue weighted by atomic mass is 9.73. The van der Waals surface area contributed by atoms with Crippen LogP contribution in [0.2, 0.25) is 0 Å². The third-order valence-electron chi connectivity index (χ3n) is 8.18. The predicted molar refractivity (Wildman–Crippen MR) is 151 cm³/mol. The number of nitrogens with one attached hydrogen (secondary N) is 2. The number of ether oxygens (including phenoxy) is 2. The predicted octanol–water partition coefficient (Wildman–Crippen LogP) is 7.41. The fourth-order valence-electron chi connectivity index (χ4n) is 6.05. The molecule has 2 N–H and O–H groups in total. The number of benzene rings is 2. The Labute approximate surface area is 226 Å². The van der Waals surface area contributed by atoms with Gasteiger partial charge in [0.05, 0.1) is 29.9 Å². The lowest BCUT2D eigenvalue weighted by Gasteiger charge is -2.34. The molecule has 5 rings (SSSR count). The molecule has 0 amide bonds. The topological polar surface area (TPSA) is 76.7 Å². The highest BCUT2D eigenvalue weighted by atomic mass is 16.6. The molecule has 6 nitrogen and oxygen atoms in total. The number of fused-ring (bicyclic) bond motifs is 1. The van der Waals surface area contributed by atoms with E-state index in [9.17, 15) is 9.59 Å². The first-order valence-electron chi connectivity index (χ1n) is 14.0. The van der Waals surface area contributed by atoms with E-state index in [2.05, 4.69) is 50.5 Å². The van der Waals surface area contributed by atoms with Gasteiger partial charge in [0, 0.05) is 17.7 Å². The molecule has 2 aliphatic carbocycles. The Kier molecular flexibility index (Phi) is 7.26. The minimum Gasteiger partial charge on any atom is -0.490 e. The molecular formula is C32H40N2O4. The highest BCUT2D eigenvalue weighted by Crippen LogP contribution is 2.47. The number of allylic oxidation sites excluding steroid dienone is 1. The molecule has 1 aliphatic heterocycles. The van der Waals surface area contributed by atoms with Crippen molar-refractivity contribution < 1.29 is 19.1 Å². The summed E-state index contributed by atoms with van der Waals surface area (Å²) in [6, 6.07) is 9.63. The van der Waals surface area contributed by atoms with Crippen molar-refractivity contribution in [3.05, 3.63) is 58.3 Å². The molecular weight excluding hydrogens is 476 g/mol. The molecule has 1 saturated carbocycles. The number of carbonyl (C=O) groups excluding carboxylic acids is 2. The van der Waals surface area contributed by atoms with Crippen LogP contribution in [0.4, 0.5) is 11.4 Å². The minimum atomic E-state index is -0.355. The van der Waals surface area contributed by atoms with E-state index < -0.39 is 0 Å². The third kappa shape index (κ3) is 5.31. The molecule has 1 fully saturated rings. The number of hydrogen-bond acceptors (Lipinski definition) is 6. The van der Waals surface area contributed by atoms with E-state index >= 15 is 0 Å². The van der Waals surface area contributed by atoms with Crippen LogP contribution in [0, 0.1) is 25.2 Å². The first-order chi connectivity index (χ1) is 18.1. The molecule has 3 aliphatic rings. The van der Waals surface area contributed by atoms with Crippen molar-refractivity contribution in [3.63, 3.8) is 0 Å². The molecule has 202 valence electrons. The SMILES string of the molecule is CCOc1cc([C@H]2Nc3cc(C)c(C)cc3NC3=C2C(=O)CC(C)(C)C3)ccc1OC(=O)C1CCCCC1. The Morgan fingerprint density at radius 2 is 1.68 bits per heavy atom. The number of esters is 1. The maximum absolute atomic E-state index is 13.6. The quantitative estimate of drug-likeness (QED) is 0.318.